The number of benzene rings is 2. The first kappa shape index (κ1) is 23.6. The molecule has 0 unspecified atom stereocenters. The lowest BCUT2D eigenvalue weighted by Crippen LogP contribution is -2.40. The summed E-state index contributed by atoms with van der Waals surface area (Å²) in [4.78, 5) is 12.6. The van der Waals surface area contributed by atoms with Crippen molar-refractivity contribution in [2.45, 2.75) is 13.5 Å². The molecule has 2 rings (SSSR count). The lowest BCUT2D eigenvalue weighted by molar-refractivity contribution is -0.119. The van der Waals surface area contributed by atoms with Crippen molar-refractivity contribution < 1.29 is 27.4 Å². The lowest BCUT2D eigenvalue weighted by Gasteiger charge is -2.24. The van der Waals surface area contributed by atoms with Crippen molar-refractivity contribution in [1.29, 1.82) is 0 Å². The first-order valence-corrected chi connectivity index (χ1v) is 11.1. The van der Waals surface area contributed by atoms with Gasteiger partial charge in [-0.05, 0) is 36.8 Å². The Hall–Kier alpha value is -2.65. The fourth-order valence-corrected chi connectivity index (χ4v) is 3.99. The van der Waals surface area contributed by atoms with Crippen LogP contribution in [0.1, 0.15) is 11.1 Å². The zero-order valence-corrected chi connectivity index (χ0v) is 19.1. The molecule has 1 N–H and O–H groups in total. The fourth-order valence-electron chi connectivity index (χ4n) is 2.91. The summed E-state index contributed by atoms with van der Waals surface area (Å²) in [5.41, 5.74) is 1.68. The molecule has 0 heterocycles. The monoisotopic (exact) mass is 456 g/mol. The molecule has 0 fully saturated rings. The number of sulfonamides is 1. The Bertz CT molecular complexity index is 1030. The fraction of sp³-hybridized carbons (Fsp3) is 0.350. The number of amides is 1. The molecule has 0 saturated carbocycles. The Kier molecular flexibility index (Phi) is 7.80. The number of anilines is 1. The van der Waals surface area contributed by atoms with Gasteiger partial charge in [-0.2, -0.15) is 0 Å². The number of halogens is 1. The Morgan fingerprint density at radius 2 is 1.73 bits per heavy atom. The Morgan fingerprint density at radius 3 is 2.30 bits per heavy atom. The van der Waals surface area contributed by atoms with E-state index in [1.165, 1.54) is 27.4 Å². The van der Waals surface area contributed by atoms with Gasteiger partial charge in [0.15, 0.2) is 11.5 Å². The van der Waals surface area contributed by atoms with E-state index in [-0.39, 0.29) is 6.54 Å². The molecular weight excluding hydrogens is 432 g/mol. The van der Waals surface area contributed by atoms with Crippen molar-refractivity contribution in [3.8, 4) is 17.2 Å². The van der Waals surface area contributed by atoms with Gasteiger partial charge in [0.1, 0.15) is 6.54 Å². The van der Waals surface area contributed by atoms with Gasteiger partial charge < -0.3 is 19.5 Å². The SMILES string of the molecule is COc1ccc(CNC(=O)CN(c2cc(Cl)ccc2C)S(C)(=O)=O)c(OC)c1OC. The number of methoxy groups -OCH3 is 3. The molecule has 0 atom stereocenters. The van der Waals surface area contributed by atoms with E-state index in [0.717, 1.165) is 10.6 Å². The van der Waals surface area contributed by atoms with Crippen molar-refractivity contribution in [2.75, 3.05) is 38.4 Å². The normalized spacial score (nSPS) is 11.0. The average molecular weight is 457 g/mol. The van der Waals surface area contributed by atoms with Crippen molar-refractivity contribution in [3.05, 3.63) is 46.5 Å². The van der Waals surface area contributed by atoms with Crippen LogP contribution < -0.4 is 23.8 Å². The third-order valence-corrected chi connectivity index (χ3v) is 5.75. The molecule has 0 radical (unpaired) electrons. The molecule has 0 bridgehead atoms. The number of hydrogen-bond donors (Lipinski definition) is 1. The smallest absolute Gasteiger partial charge is 0.241 e. The minimum atomic E-state index is -3.72. The minimum Gasteiger partial charge on any atom is -0.493 e. The highest BCUT2D eigenvalue weighted by atomic mass is 35.5. The van der Waals surface area contributed by atoms with Crippen LogP contribution in [0.2, 0.25) is 5.02 Å². The second-order valence-electron chi connectivity index (χ2n) is 6.47. The van der Waals surface area contributed by atoms with Gasteiger partial charge in [0.2, 0.25) is 21.7 Å². The summed E-state index contributed by atoms with van der Waals surface area (Å²) in [6.45, 7) is 1.46. The summed E-state index contributed by atoms with van der Waals surface area (Å²) in [6.07, 6.45) is 1.04. The predicted octanol–water partition coefficient (Wildman–Crippen LogP) is 2.76. The Labute approximate surface area is 181 Å². The highest BCUT2D eigenvalue weighted by molar-refractivity contribution is 7.92. The summed E-state index contributed by atoms with van der Waals surface area (Å²) < 4.78 is 41.6. The molecule has 1 amide bonds. The standard InChI is InChI=1S/C20H25ClN2O6S/c1-13-6-8-15(21)10-16(13)23(30(5,25)26)12-18(24)22-11-14-7-9-17(27-2)20(29-4)19(14)28-3/h6-10H,11-12H2,1-5H3,(H,22,24). The van der Waals surface area contributed by atoms with Crippen LogP contribution in [0.5, 0.6) is 17.2 Å². The van der Waals surface area contributed by atoms with E-state index >= 15 is 0 Å². The summed E-state index contributed by atoms with van der Waals surface area (Å²) >= 11 is 6.02. The molecule has 10 heteroatoms. The van der Waals surface area contributed by atoms with E-state index in [4.69, 9.17) is 25.8 Å². The molecule has 0 aromatic heterocycles. The topological polar surface area (TPSA) is 94.2 Å². The second kappa shape index (κ2) is 9.90. The highest BCUT2D eigenvalue weighted by Gasteiger charge is 2.23. The first-order chi connectivity index (χ1) is 14.1. The minimum absolute atomic E-state index is 0.106. The van der Waals surface area contributed by atoms with Crippen molar-refractivity contribution in [1.82, 2.24) is 5.32 Å². The van der Waals surface area contributed by atoms with Gasteiger partial charge in [-0.3, -0.25) is 9.10 Å². The number of aryl methyl sites for hydroxylation is 1. The summed E-state index contributed by atoms with van der Waals surface area (Å²) in [7, 11) is 0.763. The van der Waals surface area contributed by atoms with Crippen LogP contribution in [0, 0.1) is 6.92 Å². The summed E-state index contributed by atoms with van der Waals surface area (Å²) in [5, 5.41) is 3.09. The number of hydrogen-bond acceptors (Lipinski definition) is 6. The van der Waals surface area contributed by atoms with Gasteiger partial charge in [0.05, 0.1) is 33.3 Å². The molecule has 0 aliphatic carbocycles. The maximum Gasteiger partial charge on any atom is 0.241 e. The van der Waals surface area contributed by atoms with Crippen LogP contribution in [-0.4, -0.2) is 48.5 Å². The van der Waals surface area contributed by atoms with E-state index in [9.17, 15) is 13.2 Å². The molecular formula is C20H25ClN2O6S. The van der Waals surface area contributed by atoms with Crippen LogP contribution >= 0.6 is 11.6 Å². The first-order valence-electron chi connectivity index (χ1n) is 8.90. The molecule has 2 aromatic carbocycles. The summed E-state index contributed by atoms with van der Waals surface area (Å²) in [6, 6.07) is 8.30. The second-order valence-corrected chi connectivity index (χ2v) is 8.81. The largest absolute Gasteiger partial charge is 0.493 e. The van der Waals surface area contributed by atoms with Gasteiger partial charge in [-0.15, -0.1) is 0 Å². The molecule has 0 aliphatic rings. The van der Waals surface area contributed by atoms with Crippen LogP contribution in [0.3, 0.4) is 0 Å². The van der Waals surface area contributed by atoms with Crippen LogP contribution in [0.4, 0.5) is 5.69 Å². The Balaban J connectivity index is 2.22. The molecule has 0 spiro atoms. The van der Waals surface area contributed by atoms with E-state index in [1.807, 2.05) is 0 Å². The van der Waals surface area contributed by atoms with Crippen molar-refractivity contribution >= 4 is 33.2 Å². The van der Waals surface area contributed by atoms with E-state index in [0.29, 0.717) is 39.1 Å². The number of ether oxygens (including phenoxy) is 3. The van der Waals surface area contributed by atoms with Crippen LogP contribution in [0.25, 0.3) is 0 Å². The third kappa shape index (κ3) is 5.48. The van der Waals surface area contributed by atoms with Crippen LogP contribution in [0.15, 0.2) is 30.3 Å². The van der Waals surface area contributed by atoms with E-state index in [2.05, 4.69) is 5.32 Å². The molecule has 0 aliphatic heterocycles. The van der Waals surface area contributed by atoms with Gasteiger partial charge >= 0.3 is 0 Å². The highest BCUT2D eigenvalue weighted by Crippen LogP contribution is 2.39. The quantitative estimate of drug-likeness (QED) is 0.623. The maximum atomic E-state index is 12.6. The van der Waals surface area contributed by atoms with E-state index < -0.39 is 22.5 Å². The van der Waals surface area contributed by atoms with Gasteiger partial charge in [0, 0.05) is 17.1 Å². The Morgan fingerprint density at radius 1 is 1.07 bits per heavy atom. The van der Waals surface area contributed by atoms with E-state index in [1.54, 1.807) is 31.2 Å². The lowest BCUT2D eigenvalue weighted by atomic mass is 10.1. The van der Waals surface area contributed by atoms with Gasteiger partial charge in [0.25, 0.3) is 0 Å². The van der Waals surface area contributed by atoms with Gasteiger partial charge in [-0.1, -0.05) is 17.7 Å². The number of nitrogens with zero attached hydrogens (tertiary/aromatic N) is 1. The zero-order chi connectivity index (χ0) is 22.5. The number of nitrogens with one attached hydrogen (secondary N) is 1. The van der Waals surface area contributed by atoms with Crippen molar-refractivity contribution in [2.24, 2.45) is 0 Å². The predicted molar refractivity (Wildman–Crippen MR) is 116 cm³/mol. The van der Waals surface area contributed by atoms with Gasteiger partial charge in [-0.25, -0.2) is 8.42 Å². The zero-order valence-electron chi connectivity index (χ0n) is 17.5. The van der Waals surface area contributed by atoms with Crippen LogP contribution in [-0.2, 0) is 21.4 Å². The number of carbonyl (C=O) groups is 1. The number of rotatable bonds is 9. The average Bonchev–Trinajstić information content (AvgIpc) is 2.70. The molecule has 2 aromatic rings. The number of carbonyl (C=O) groups excluding carboxylic acids is 1. The molecule has 0 saturated heterocycles. The van der Waals surface area contributed by atoms with Crippen molar-refractivity contribution in [3.63, 3.8) is 0 Å². The maximum absolute atomic E-state index is 12.6. The molecule has 8 nitrogen and oxygen atoms in total. The molecule has 164 valence electrons. The molecule has 30 heavy (non-hydrogen) atoms. The summed E-state index contributed by atoms with van der Waals surface area (Å²) in [5.74, 6) is 0.822. The third-order valence-electron chi connectivity index (χ3n) is 4.39.